The Hall–Kier alpha value is -1.27. The summed E-state index contributed by atoms with van der Waals surface area (Å²) in [5.74, 6) is -0.333. The number of carbonyl (C=O) groups is 1. The standard InChI is InChI=1S/C8H11AsN2O5/c1-5(12)11-6-2-3-8(10)7(4-6)9(13,14)16-15/h2-4,15H,10H2,1H3,(H,11,12)(H,13,14). The van der Waals surface area contributed by atoms with E-state index in [4.69, 9.17) is 11.0 Å². The summed E-state index contributed by atoms with van der Waals surface area (Å²) in [7, 11) is 0. The topological polar surface area (TPSA) is 122 Å². The summed E-state index contributed by atoms with van der Waals surface area (Å²) >= 11 is -5.00. The van der Waals surface area contributed by atoms with Gasteiger partial charge in [0.05, 0.1) is 0 Å². The van der Waals surface area contributed by atoms with Crippen LogP contribution in [0, 0.1) is 0 Å². The molecular weight excluding hydrogens is 279 g/mol. The van der Waals surface area contributed by atoms with Gasteiger partial charge in [-0.15, -0.1) is 0 Å². The van der Waals surface area contributed by atoms with Gasteiger partial charge in [-0.2, -0.15) is 0 Å². The molecule has 1 unspecified atom stereocenters. The van der Waals surface area contributed by atoms with E-state index in [0.29, 0.717) is 5.69 Å². The van der Waals surface area contributed by atoms with Crippen molar-refractivity contribution in [3.05, 3.63) is 18.2 Å². The van der Waals surface area contributed by atoms with E-state index < -0.39 is 14.2 Å². The van der Waals surface area contributed by atoms with Gasteiger partial charge in [0.15, 0.2) is 0 Å². The monoisotopic (exact) mass is 290 g/mol. The molecule has 1 aromatic rings. The van der Waals surface area contributed by atoms with Crippen LogP contribution in [0.5, 0.6) is 0 Å². The number of nitrogens with two attached hydrogens (primary N) is 1. The van der Waals surface area contributed by atoms with Crippen LogP contribution < -0.4 is 15.4 Å². The number of nitrogens with one attached hydrogen (secondary N) is 1. The number of benzene rings is 1. The Morgan fingerprint density at radius 1 is 1.56 bits per heavy atom. The molecule has 7 nitrogen and oxygen atoms in total. The molecule has 0 aliphatic rings. The van der Waals surface area contributed by atoms with Gasteiger partial charge in [-0.1, -0.05) is 0 Å². The van der Waals surface area contributed by atoms with Crippen molar-refractivity contribution in [3.8, 4) is 0 Å². The first-order valence-electron chi connectivity index (χ1n) is 4.20. The second-order valence-electron chi connectivity index (χ2n) is 3.06. The summed E-state index contributed by atoms with van der Waals surface area (Å²) < 4.78 is 24.0. The third kappa shape index (κ3) is 2.86. The molecule has 1 aromatic carbocycles. The van der Waals surface area contributed by atoms with Crippen LogP contribution in [0.1, 0.15) is 6.92 Å². The van der Waals surface area contributed by atoms with Crippen LogP contribution in [-0.2, 0) is 12.4 Å². The van der Waals surface area contributed by atoms with Gasteiger partial charge in [0.25, 0.3) is 0 Å². The average Bonchev–Trinajstić information content (AvgIpc) is 2.20. The molecule has 1 rings (SSSR count). The molecule has 0 aliphatic heterocycles. The Balaban J connectivity index is 3.19. The molecule has 0 aromatic heterocycles. The molecule has 88 valence electrons. The fourth-order valence-corrected chi connectivity index (χ4v) is 2.77. The van der Waals surface area contributed by atoms with Crippen molar-refractivity contribution in [1.29, 1.82) is 0 Å². The Labute approximate surface area is 94.1 Å². The van der Waals surface area contributed by atoms with Crippen molar-refractivity contribution in [3.63, 3.8) is 0 Å². The third-order valence-electron chi connectivity index (χ3n) is 1.77. The number of hydrogen-bond acceptors (Lipinski definition) is 5. The molecule has 0 saturated carbocycles. The number of rotatable bonds is 3. The van der Waals surface area contributed by atoms with Crippen LogP contribution in [0.4, 0.5) is 11.4 Å². The molecule has 0 spiro atoms. The van der Waals surface area contributed by atoms with Crippen molar-refractivity contribution in [1.82, 2.24) is 0 Å². The van der Waals surface area contributed by atoms with Crippen molar-refractivity contribution in [2.24, 2.45) is 0 Å². The van der Waals surface area contributed by atoms with E-state index in [1.54, 1.807) is 0 Å². The minimum atomic E-state index is -5.00. The molecule has 0 fully saturated rings. The summed E-state index contributed by atoms with van der Waals surface area (Å²) in [4.78, 5) is 10.8. The molecule has 0 saturated heterocycles. The third-order valence-corrected chi connectivity index (χ3v) is 4.32. The maximum absolute atomic E-state index is 11.4. The van der Waals surface area contributed by atoms with Gasteiger partial charge in [0, 0.05) is 0 Å². The number of carbonyl (C=O) groups excluding carboxylic acids is 1. The number of hydrogen-bond donors (Lipinski definition) is 4. The molecule has 8 heteroatoms. The van der Waals surface area contributed by atoms with Crippen molar-refractivity contribution < 1.29 is 21.8 Å². The summed E-state index contributed by atoms with van der Waals surface area (Å²) in [5, 5.41) is 10.7. The zero-order valence-electron chi connectivity index (χ0n) is 8.38. The SMILES string of the molecule is CC(=O)Nc1ccc(N)c([As](=O)(O)OO)c1. The molecule has 0 radical (unpaired) electrons. The molecule has 16 heavy (non-hydrogen) atoms. The summed E-state index contributed by atoms with van der Waals surface area (Å²) in [5.41, 5.74) is 5.76. The molecule has 1 atom stereocenters. The van der Waals surface area contributed by atoms with Gasteiger partial charge in [0.1, 0.15) is 0 Å². The van der Waals surface area contributed by atoms with E-state index in [0.717, 1.165) is 0 Å². The van der Waals surface area contributed by atoms with Crippen LogP contribution in [0.3, 0.4) is 0 Å². The predicted molar refractivity (Wildman–Crippen MR) is 57.2 cm³/mol. The minimum absolute atomic E-state index is 0.00755. The van der Waals surface area contributed by atoms with Gasteiger partial charge in [-0.25, -0.2) is 0 Å². The van der Waals surface area contributed by atoms with Gasteiger partial charge >= 0.3 is 93.7 Å². The maximum atomic E-state index is 11.4. The van der Waals surface area contributed by atoms with Gasteiger partial charge in [-0.3, -0.25) is 0 Å². The number of amides is 1. The van der Waals surface area contributed by atoms with Crippen LogP contribution >= 0.6 is 0 Å². The first-order chi connectivity index (χ1) is 7.36. The van der Waals surface area contributed by atoms with Crippen LogP contribution in [0.2, 0.25) is 0 Å². The Morgan fingerprint density at radius 3 is 2.69 bits per heavy atom. The fourth-order valence-electron chi connectivity index (χ4n) is 1.11. The van der Waals surface area contributed by atoms with E-state index >= 15 is 0 Å². The van der Waals surface area contributed by atoms with Crippen LogP contribution in [-0.4, -0.2) is 29.4 Å². The van der Waals surface area contributed by atoms with Gasteiger partial charge < -0.3 is 0 Å². The first kappa shape index (κ1) is 12.8. The Bertz CT molecular complexity index is 462. The van der Waals surface area contributed by atoms with Crippen molar-refractivity contribution >= 4 is 35.8 Å². The summed E-state index contributed by atoms with van der Waals surface area (Å²) in [6, 6.07) is 3.99. The van der Waals surface area contributed by atoms with E-state index in [2.05, 4.69) is 9.19 Å². The summed E-state index contributed by atoms with van der Waals surface area (Å²) in [6.45, 7) is 1.29. The van der Waals surface area contributed by atoms with Crippen LogP contribution in [0.25, 0.3) is 0 Å². The molecular formula is C8H11AsN2O5. The molecule has 0 heterocycles. The number of nitrogen functional groups attached to an aromatic ring is 1. The van der Waals surface area contributed by atoms with E-state index in [1.165, 1.54) is 25.1 Å². The molecule has 0 bridgehead atoms. The summed E-state index contributed by atoms with van der Waals surface area (Å²) in [6.07, 6.45) is 0. The Morgan fingerprint density at radius 2 is 2.19 bits per heavy atom. The predicted octanol–water partition coefficient (Wildman–Crippen LogP) is -0.714. The second kappa shape index (κ2) is 4.71. The zero-order chi connectivity index (χ0) is 12.3. The second-order valence-corrected chi connectivity index (χ2v) is 6.59. The molecule has 0 aliphatic carbocycles. The average molecular weight is 290 g/mol. The normalized spacial score (nSPS) is 14.2. The molecule has 1 amide bonds. The van der Waals surface area contributed by atoms with Crippen molar-refractivity contribution in [2.75, 3.05) is 11.1 Å². The number of anilines is 2. The van der Waals surface area contributed by atoms with Gasteiger partial charge in [-0.05, 0) is 0 Å². The zero-order valence-corrected chi connectivity index (χ0v) is 10.3. The van der Waals surface area contributed by atoms with E-state index in [9.17, 15) is 12.6 Å². The first-order valence-corrected chi connectivity index (χ1v) is 7.51. The van der Waals surface area contributed by atoms with Gasteiger partial charge in [0.2, 0.25) is 0 Å². The van der Waals surface area contributed by atoms with Crippen molar-refractivity contribution in [2.45, 2.75) is 6.92 Å². The fraction of sp³-hybridized carbons (Fsp3) is 0.125. The van der Waals surface area contributed by atoms with Crippen LogP contribution in [0.15, 0.2) is 18.2 Å². The molecule has 5 N–H and O–H groups in total. The van der Waals surface area contributed by atoms with E-state index in [1.807, 2.05) is 0 Å². The van der Waals surface area contributed by atoms with E-state index in [-0.39, 0.29) is 15.9 Å². The Kier molecular flexibility index (Phi) is 3.77. The quantitative estimate of drug-likeness (QED) is 0.252.